The van der Waals surface area contributed by atoms with Gasteiger partial charge in [0.05, 0.1) is 6.61 Å². The minimum absolute atomic E-state index is 0.278. The molecule has 1 aromatic rings. The molecule has 0 aliphatic carbocycles. The minimum atomic E-state index is -0.278. The number of benzene rings is 1. The number of hydrogen-bond donors (Lipinski definition) is 0. The van der Waals surface area contributed by atoms with Crippen molar-refractivity contribution in [3.8, 4) is 5.75 Å². The van der Waals surface area contributed by atoms with Crippen molar-refractivity contribution in [2.75, 3.05) is 6.61 Å². The van der Waals surface area contributed by atoms with Crippen LogP contribution in [0.3, 0.4) is 0 Å². The summed E-state index contributed by atoms with van der Waals surface area (Å²) in [4.78, 5) is 0. The summed E-state index contributed by atoms with van der Waals surface area (Å²) in [5.41, 5.74) is 0.591. The normalized spacial score (nSPS) is 10.0. The highest BCUT2D eigenvalue weighted by Gasteiger charge is 2.06. The lowest BCUT2D eigenvalue weighted by atomic mass is 10.2. The SMILES string of the molecule is CCOc1cc(Br)cc(C)c1F. The second-order valence-electron chi connectivity index (χ2n) is 2.47. The lowest BCUT2D eigenvalue weighted by molar-refractivity contribution is 0.320. The highest BCUT2D eigenvalue weighted by Crippen LogP contribution is 2.25. The summed E-state index contributed by atoms with van der Waals surface area (Å²) in [6.07, 6.45) is 0. The van der Waals surface area contributed by atoms with E-state index in [2.05, 4.69) is 15.9 Å². The van der Waals surface area contributed by atoms with Gasteiger partial charge < -0.3 is 4.74 Å². The molecule has 0 radical (unpaired) electrons. The van der Waals surface area contributed by atoms with Crippen molar-refractivity contribution in [1.82, 2.24) is 0 Å². The van der Waals surface area contributed by atoms with Crippen LogP contribution in [0.2, 0.25) is 0 Å². The van der Waals surface area contributed by atoms with Crippen molar-refractivity contribution in [2.45, 2.75) is 13.8 Å². The van der Waals surface area contributed by atoms with Gasteiger partial charge in [-0.1, -0.05) is 15.9 Å². The van der Waals surface area contributed by atoms with Crippen LogP contribution in [0, 0.1) is 12.7 Å². The predicted octanol–water partition coefficient (Wildman–Crippen LogP) is 3.30. The maximum absolute atomic E-state index is 13.2. The fourth-order valence-electron chi connectivity index (χ4n) is 0.955. The average Bonchev–Trinajstić information content (AvgIpc) is 2.00. The zero-order valence-electron chi connectivity index (χ0n) is 7.03. The number of halogens is 2. The van der Waals surface area contributed by atoms with E-state index in [0.29, 0.717) is 17.9 Å². The summed E-state index contributed by atoms with van der Waals surface area (Å²) >= 11 is 3.27. The number of ether oxygens (including phenoxy) is 1. The topological polar surface area (TPSA) is 9.23 Å². The van der Waals surface area contributed by atoms with E-state index in [1.54, 1.807) is 19.1 Å². The summed E-state index contributed by atoms with van der Waals surface area (Å²) in [6.45, 7) is 4.02. The molecule has 0 unspecified atom stereocenters. The van der Waals surface area contributed by atoms with Crippen LogP contribution in [0.1, 0.15) is 12.5 Å². The van der Waals surface area contributed by atoms with Crippen LogP contribution in [0.25, 0.3) is 0 Å². The first-order valence-electron chi connectivity index (χ1n) is 3.73. The van der Waals surface area contributed by atoms with Crippen molar-refractivity contribution in [3.63, 3.8) is 0 Å². The minimum Gasteiger partial charge on any atom is -0.491 e. The Morgan fingerprint density at radius 1 is 1.50 bits per heavy atom. The zero-order chi connectivity index (χ0) is 9.14. The van der Waals surface area contributed by atoms with E-state index in [-0.39, 0.29) is 5.82 Å². The van der Waals surface area contributed by atoms with Crippen molar-refractivity contribution in [1.29, 1.82) is 0 Å². The lowest BCUT2D eigenvalue weighted by Crippen LogP contribution is -1.96. The molecule has 3 heteroatoms. The number of hydrogen-bond acceptors (Lipinski definition) is 1. The van der Waals surface area contributed by atoms with Gasteiger partial charge in [0.1, 0.15) is 0 Å². The standard InChI is InChI=1S/C9H10BrFO/c1-3-12-8-5-7(10)4-6(2)9(8)11/h4-5H,3H2,1-2H3. The van der Waals surface area contributed by atoms with Gasteiger partial charge in [-0.25, -0.2) is 4.39 Å². The Morgan fingerprint density at radius 2 is 2.17 bits per heavy atom. The molecule has 0 N–H and O–H groups in total. The Kier molecular flexibility index (Phi) is 3.09. The van der Waals surface area contributed by atoms with Crippen molar-refractivity contribution >= 4 is 15.9 Å². The Labute approximate surface area is 79.7 Å². The quantitative estimate of drug-likeness (QED) is 0.761. The van der Waals surface area contributed by atoms with E-state index in [9.17, 15) is 4.39 Å². The molecular weight excluding hydrogens is 223 g/mol. The summed E-state index contributed by atoms with van der Waals surface area (Å²) in [7, 11) is 0. The van der Waals surface area contributed by atoms with Gasteiger partial charge in [-0.3, -0.25) is 0 Å². The van der Waals surface area contributed by atoms with Gasteiger partial charge in [-0.2, -0.15) is 0 Å². The Hall–Kier alpha value is -0.570. The van der Waals surface area contributed by atoms with E-state index >= 15 is 0 Å². The number of rotatable bonds is 2. The fraction of sp³-hybridized carbons (Fsp3) is 0.333. The summed E-state index contributed by atoms with van der Waals surface area (Å²) < 4.78 is 19.2. The Morgan fingerprint density at radius 3 is 2.75 bits per heavy atom. The lowest BCUT2D eigenvalue weighted by Gasteiger charge is -2.06. The molecule has 1 nitrogen and oxygen atoms in total. The molecule has 0 atom stereocenters. The van der Waals surface area contributed by atoms with Crippen molar-refractivity contribution in [3.05, 3.63) is 28.0 Å². The van der Waals surface area contributed by atoms with Crippen molar-refractivity contribution < 1.29 is 9.13 Å². The largest absolute Gasteiger partial charge is 0.491 e. The molecule has 0 saturated carbocycles. The van der Waals surface area contributed by atoms with Crippen LogP contribution in [-0.2, 0) is 0 Å². The van der Waals surface area contributed by atoms with E-state index in [4.69, 9.17) is 4.74 Å². The molecule has 12 heavy (non-hydrogen) atoms. The maximum Gasteiger partial charge on any atom is 0.168 e. The fourth-order valence-corrected chi connectivity index (χ4v) is 1.51. The Balaban J connectivity index is 3.09. The second-order valence-corrected chi connectivity index (χ2v) is 3.38. The Bertz CT molecular complexity index is 286. The van der Waals surface area contributed by atoms with Gasteiger partial charge in [-0.05, 0) is 31.5 Å². The van der Waals surface area contributed by atoms with Gasteiger partial charge >= 0.3 is 0 Å². The van der Waals surface area contributed by atoms with Crippen LogP contribution in [-0.4, -0.2) is 6.61 Å². The highest BCUT2D eigenvalue weighted by atomic mass is 79.9. The molecule has 1 rings (SSSR count). The van der Waals surface area contributed by atoms with Crippen LogP contribution >= 0.6 is 15.9 Å². The molecule has 0 aromatic heterocycles. The molecule has 0 aliphatic rings. The smallest absolute Gasteiger partial charge is 0.168 e. The molecule has 0 spiro atoms. The highest BCUT2D eigenvalue weighted by molar-refractivity contribution is 9.10. The monoisotopic (exact) mass is 232 g/mol. The van der Waals surface area contributed by atoms with Gasteiger partial charge in [0.15, 0.2) is 11.6 Å². The summed E-state index contributed by atoms with van der Waals surface area (Å²) in [5.74, 6) is 0.0319. The van der Waals surface area contributed by atoms with Crippen molar-refractivity contribution in [2.24, 2.45) is 0 Å². The zero-order valence-corrected chi connectivity index (χ0v) is 8.61. The third kappa shape index (κ3) is 1.97. The molecule has 0 fully saturated rings. The molecular formula is C9H10BrFO. The average molecular weight is 233 g/mol. The van der Waals surface area contributed by atoms with Crippen LogP contribution in [0.15, 0.2) is 16.6 Å². The van der Waals surface area contributed by atoms with Crippen LogP contribution in [0.4, 0.5) is 4.39 Å². The van der Waals surface area contributed by atoms with Gasteiger partial charge in [0.25, 0.3) is 0 Å². The first kappa shape index (κ1) is 9.52. The summed E-state index contributed by atoms with van der Waals surface area (Å²) in [6, 6.07) is 3.35. The van der Waals surface area contributed by atoms with Crippen LogP contribution in [0.5, 0.6) is 5.75 Å². The number of aryl methyl sites for hydroxylation is 1. The van der Waals surface area contributed by atoms with E-state index in [1.807, 2.05) is 6.92 Å². The van der Waals surface area contributed by atoms with E-state index in [0.717, 1.165) is 4.47 Å². The molecule has 1 aromatic carbocycles. The van der Waals surface area contributed by atoms with Crippen LogP contribution < -0.4 is 4.74 Å². The molecule has 66 valence electrons. The third-order valence-corrected chi connectivity index (χ3v) is 1.94. The molecule has 0 amide bonds. The molecule has 0 bridgehead atoms. The second kappa shape index (κ2) is 3.90. The van der Waals surface area contributed by atoms with Gasteiger partial charge in [-0.15, -0.1) is 0 Å². The third-order valence-electron chi connectivity index (χ3n) is 1.49. The molecule has 0 heterocycles. The molecule has 0 aliphatic heterocycles. The van der Waals surface area contributed by atoms with Gasteiger partial charge in [0.2, 0.25) is 0 Å². The van der Waals surface area contributed by atoms with E-state index < -0.39 is 0 Å². The van der Waals surface area contributed by atoms with Gasteiger partial charge in [0, 0.05) is 4.47 Å². The summed E-state index contributed by atoms with van der Waals surface area (Å²) in [5, 5.41) is 0. The van der Waals surface area contributed by atoms with E-state index in [1.165, 1.54) is 0 Å². The predicted molar refractivity (Wildman–Crippen MR) is 50.0 cm³/mol. The first-order chi connectivity index (χ1) is 5.65. The molecule has 0 saturated heterocycles. The first-order valence-corrected chi connectivity index (χ1v) is 4.53. The maximum atomic E-state index is 13.2.